The fourth-order valence-electron chi connectivity index (χ4n) is 4.81. The summed E-state index contributed by atoms with van der Waals surface area (Å²) >= 11 is 0. The maximum absolute atomic E-state index is 13.7. The van der Waals surface area contributed by atoms with Gasteiger partial charge in [-0.2, -0.15) is 0 Å². The van der Waals surface area contributed by atoms with Crippen molar-refractivity contribution in [1.82, 2.24) is 0 Å². The quantitative estimate of drug-likeness (QED) is 0.210. The van der Waals surface area contributed by atoms with E-state index in [1.54, 1.807) is 54.6 Å². The lowest BCUT2D eigenvalue weighted by molar-refractivity contribution is -0.132. The predicted molar refractivity (Wildman–Crippen MR) is 154 cm³/mol. The molecule has 40 heavy (non-hydrogen) atoms. The van der Waals surface area contributed by atoms with Crippen molar-refractivity contribution in [2.24, 2.45) is 0 Å². The molecule has 0 aliphatic carbocycles. The summed E-state index contributed by atoms with van der Waals surface area (Å²) in [6.45, 7) is 8.38. The number of ether oxygens (including phenoxy) is 4. The van der Waals surface area contributed by atoms with Gasteiger partial charge < -0.3 is 24.1 Å². The van der Waals surface area contributed by atoms with Gasteiger partial charge in [-0.1, -0.05) is 39.0 Å². The molecule has 0 spiro atoms. The number of aliphatic hydroxyl groups is 1. The molecule has 4 rings (SSSR count). The lowest BCUT2D eigenvalue weighted by atomic mass is 9.85. The average molecular weight is 546 g/mol. The SMILES string of the molecule is CCOc1cc(C2/C(=C(\O)c3cc(C(C)(C)C)ccc3OC)C(=O)C(=O)N2c2cccc(OC)c2)ccc1OC. The summed E-state index contributed by atoms with van der Waals surface area (Å²) in [6, 6.07) is 16.6. The second-order valence-corrected chi connectivity index (χ2v) is 10.4. The Balaban J connectivity index is 2.03. The van der Waals surface area contributed by atoms with Crippen LogP contribution in [-0.4, -0.2) is 44.7 Å². The zero-order valence-corrected chi connectivity index (χ0v) is 23.9. The first-order chi connectivity index (χ1) is 19.0. The van der Waals surface area contributed by atoms with Crippen LogP contribution in [0.2, 0.25) is 0 Å². The monoisotopic (exact) mass is 545 g/mol. The largest absolute Gasteiger partial charge is 0.507 e. The molecule has 8 heteroatoms. The van der Waals surface area contributed by atoms with Gasteiger partial charge >= 0.3 is 0 Å². The maximum Gasteiger partial charge on any atom is 0.300 e. The smallest absolute Gasteiger partial charge is 0.300 e. The normalized spacial score (nSPS) is 16.7. The highest BCUT2D eigenvalue weighted by molar-refractivity contribution is 6.51. The second kappa shape index (κ2) is 11.3. The van der Waals surface area contributed by atoms with E-state index in [9.17, 15) is 14.7 Å². The highest BCUT2D eigenvalue weighted by Crippen LogP contribution is 2.46. The lowest BCUT2D eigenvalue weighted by Gasteiger charge is -2.27. The Bertz CT molecular complexity index is 1470. The highest BCUT2D eigenvalue weighted by atomic mass is 16.5. The Kier molecular flexibility index (Phi) is 8.09. The summed E-state index contributed by atoms with van der Waals surface area (Å²) in [6.07, 6.45) is 0. The van der Waals surface area contributed by atoms with Gasteiger partial charge in [0.2, 0.25) is 0 Å². The number of amides is 1. The molecule has 1 saturated heterocycles. The molecule has 1 N–H and O–H groups in total. The molecular formula is C32H35NO7. The molecule has 0 radical (unpaired) electrons. The molecule has 1 unspecified atom stereocenters. The number of anilines is 1. The van der Waals surface area contributed by atoms with E-state index in [2.05, 4.69) is 0 Å². The van der Waals surface area contributed by atoms with Gasteiger partial charge in [-0.3, -0.25) is 14.5 Å². The second-order valence-electron chi connectivity index (χ2n) is 10.4. The third-order valence-electron chi connectivity index (χ3n) is 6.90. The molecule has 1 amide bonds. The number of nitrogens with zero attached hydrogens (tertiary/aromatic N) is 1. The van der Waals surface area contributed by atoms with Crippen molar-refractivity contribution in [3.63, 3.8) is 0 Å². The molecule has 0 saturated carbocycles. The van der Waals surface area contributed by atoms with Gasteiger partial charge in [-0.15, -0.1) is 0 Å². The molecule has 0 bridgehead atoms. The van der Waals surface area contributed by atoms with Crippen molar-refractivity contribution in [1.29, 1.82) is 0 Å². The highest BCUT2D eigenvalue weighted by Gasteiger charge is 2.47. The Morgan fingerprint density at radius 2 is 1.57 bits per heavy atom. The van der Waals surface area contributed by atoms with Gasteiger partial charge in [0.25, 0.3) is 11.7 Å². The van der Waals surface area contributed by atoms with Crippen LogP contribution in [0.1, 0.15) is 50.4 Å². The zero-order chi connectivity index (χ0) is 29.2. The molecule has 8 nitrogen and oxygen atoms in total. The van der Waals surface area contributed by atoms with Crippen LogP contribution in [0.15, 0.2) is 66.2 Å². The van der Waals surface area contributed by atoms with Gasteiger partial charge in [0, 0.05) is 11.8 Å². The van der Waals surface area contributed by atoms with Crippen LogP contribution in [0.5, 0.6) is 23.0 Å². The van der Waals surface area contributed by atoms with E-state index in [1.807, 2.05) is 33.8 Å². The molecular weight excluding hydrogens is 510 g/mol. The number of aliphatic hydroxyl groups excluding tert-OH is 1. The molecule has 1 fully saturated rings. The molecule has 1 aliphatic heterocycles. The standard InChI is InChI=1S/C32H35NO7/c1-8-40-26-16-19(12-14-25(26)39-7)28-27(29(34)23-17-20(32(2,3)4)13-15-24(23)38-6)30(35)31(36)33(28)21-10-9-11-22(18-21)37-5/h9-18,28,34H,8H2,1-7H3/b29-27+. The number of Topliss-reactive ketones (excluding diaryl/α,β-unsaturated/α-hetero) is 1. The van der Waals surface area contributed by atoms with Gasteiger partial charge in [0.15, 0.2) is 11.5 Å². The van der Waals surface area contributed by atoms with Crippen molar-refractivity contribution in [3.8, 4) is 23.0 Å². The fourth-order valence-corrected chi connectivity index (χ4v) is 4.81. The van der Waals surface area contributed by atoms with E-state index in [-0.39, 0.29) is 16.7 Å². The third kappa shape index (κ3) is 5.21. The van der Waals surface area contributed by atoms with Crippen molar-refractivity contribution >= 4 is 23.1 Å². The summed E-state index contributed by atoms with van der Waals surface area (Å²) in [5, 5.41) is 11.8. The Morgan fingerprint density at radius 3 is 2.20 bits per heavy atom. The lowest BCUT2D eigenvalue weighted by Crippen LogP contribution is -2.29. The van der Waals surface area contributed by atoms with Crippen molar-refractivity contribution in [2.75, 3.05) is 32.8 Å². The first-order valence-electron chi connectivity index (χ1n) is 13.0. The van der Waals surface area contributed by atoms with Crippen LogP contribution < -0.4 is 23.8 Å². The minimum absolute atomic E-state index is 0.0650. The molecule has 3 aromatic rings. The number of rotatable bonds is 8. The number of carbonyl (C=O) groups excluding carboxylic acids is 2. The minimum atomic E-state index is -0.972. The van der Waals surface area contributed by atoms with Crippen LogP contribution in [0.25, 0.3) is 5.76 Å². The van der Waals surface area contributed by atoms with Crippen LogP contribution in [-0.2, 0) is 15.0 Å². The molecule has 3 aromatic carbocycles. The first kappa shape index (κ1) is 28.5. The Morgan fingerprint density at radius 1 is 0.875 bits per heavy atom. The Labute approximate surface area is 234 Å². The van der Waals surface area contributed by atoms with E-state index in [4.69, 9.17) is 18.9 Å². The summed E-state index contributed by atoms with van der Waals surface area (Å²) in [5.74, 6) is -0.0779. The maximum atomic E-state index is 13.7. The van der Waals surface area contributed by atoms with Gasteiger partial charge in [-0.25, -0.2) is 0 Å². The van der Waals surface area contributed by atoms with E-state index >= 15 is 0 Å². The number of ketones is 1. The van der Waals surface area contributed by atoms with E-state index in [1.165, 1.54) is 26.2 Å². The summed E-state index contributed by atoms with van der Waals surface area (Å²) in [4.78, 5) is 28.7. The predicted octanol–water partition coefficient (Wildman–Crippen LogP) is 6.03. The molecule has 0 aromatic heterocycles. The number of hydrogen-bond acceptors (Lipinski definition) is 7. The number of hydrogen-bond donors (Lipinski definition) is 1. The number of methoxy groups -OCH3 is 3. The molecule has 1 heterocycles. The molecule has 1 atom stereocenters. The topological polar surface area (TPSA) is 94.5 Å². The van der Waals surface area contributed by atoms with E-state index in [0.717, 1.165) is 5.56 Å². The van der Waals surface area contributed by atoms with Crippen LogP contribution in [0.3, 0.4) is 0 Å². The van der Waals surface area contributed by atoms with Crippen LogP contribution in [0.4, 0.5) is 5.69 Å². The Hall–Kier alpha value is -4.46. The van der Waals surface area contributed by atoms with Crippen molar-refractivity contribution in [3.05, 3.63) is 82.9 Å². The molecule has 210 valence electrons. The third-order valence-corrected chi connectivity index (χ3v) is 6.90. The van der Waals surface area contributed by atoms with Crippen LogP contribution in [0, 0.1) is 0 Å². The zero-order valence-electron chi connectivity index (χ0n) is 23.9. The van der Waals surface area contributed by atoms with Crippen molar-refractivity contribution < 1.29 is 33.6 Å². The average Bonchev–Trinajstić information content (AvgIpc) is 3.21. The number of carbonyl (C=O) groups is 2. The summed E-state index contributed by atoms with van der Waals surface area (Å²) in [7, 11) is 4.55. The van der Waals surface area contributed by atoms with Crippen LogP contribution >= 0.6 is 0 Å². The molecule has 1 aliphatic rings. The first-order valence-corrected chi connectivity index (χ1v) is 13.0. The van der Waals surface area contributed by atoms with Crippen molar-refractivity contribution in [2.45, 2.75) is 39.2 Å². The van der Waals surface area contributed by atoms with Gasteiger partial charge in [0.1, 0.15) is 17.3 Å². The summed E-state index contributed by atoms with van der Waals surface area (Å²) < 4.78 is 22.2. The van der Waals surface area contributed by atoms with Gasteiger partial charge in [-0.05, 0) is 59.9 Å². The van der Waals surface area contributed by atoms with Gasteiger partial charge in [0.05, 0.1) is 45.1 Å². The van der Waals surface area contributed by atoms with E-state index < -0.39 is 17.7 Å². The fraction of sp³-hybridized carbons (Fsp3) is 0.312. The number of benzene rings is 3. The minimum Gasteiger partial charge on any atom is -0.507 e. The summed E-state index contributed by atoms with van der Waals surface area (Å²) in [5.41, 5.74) is 1.94. The van der Waals surface area contributed by atoms with E-state index in [0.29, 0.717) is 46.4 Å².